The smallest absolute Gasteiger partial charge is 0.226 e. The number of nitrogens with zero attached hydrogens (tertiary/aromatic N) is 3. The molecule has 1 aromatic carbocycles. The minimum absolute atomic E-state index is 0.0413. The van der Waals surface area contributed by atoms with E-state index in [0.717, 1.165) is 39.7 Å². The number of amides is 1. The van der Waals surface area contributed by atoms with E-state index in [1.54, 1.807) is 12.5 Å². The largest absolute Gasteiger partial charge is 0.467 e. The number of aromatic nitrogens is 2. The van der Waals surface area contributed by atoms with Crippen molar-refractivity contribution in [2.45, 2.75) is 45.8 Å². The van der Waals surface area contributed by atoms with Gasteiger partial charge in [0.25, 0.3) is 0 Å². The molecule has 0 bridgehead atoms. The van der Waals surface area contributed by atoms with E-state index in [0.29, 0.717) is 24.6 Å². The van der Waals surface area contributed by atoms with Crippen molar-refractivity contribution in [1.82, 2.24) is 19.8 Å². The highest BCUT2D eigenvalue weighted by atomic mass is 32.1. The summed E-state index contributed by atoms with van der Waals surface area (Å²) in [6, 6.07) is 19.6. The first kappa shape index (κ1) is 24.8. The average Bonchev–Trinajstić information content (AvgIpc) is 3.60. The van der Waals surface area contributed by atoms with E-state index < -0.39 is 0 Å². The van der Waals surface area contributed by atoms with Crippen LogP contribution in [0.4, 0.5) is 5.69 Å². The van der Waals surface area contributed by atoms with Crippen LogP contribution >= 0.6 is 12.2 Å². The van der Waals surface area contributed by atoms with Crippen LogP contribution < -0.4 is 10.6 Å². The van der Waals surface area contributed by atoms with Crippen LogP contribution in [0, 0.1) is 20.8 Å². The zero-order valence-corrected chi connectivity index (χ0v) is 22.1. The molecule has 0 saturated carbocycles. The summed E-state index contributed by atoms with van der Waals surface area (Å²) in [6.07, 6.45) is 3.81. The molecule has 0 radical (unpaired) electrons. The Balaban J connectivity index is 1.43. The van der Waals surface area contributed by atoms with Gasteiger partial charge in [-0.3, -0.25) is 9.78 Å². The first-order valence-electron chi connectivity index (χ1n) is 12.4. The summed E-state index contributed by atoms with van der Waals surface area (Å²) in [5.41, 5.74) is 6.22. The molecule has 0 spiro atoms. The molecule has 1 aliphatic heterocycles. The molecule has 0 aliphatic carbocycles. The SMILES string of the molecule is Cc1ccccc1NC(=O)CCN1C(=S)N[C@@H](c2ccccn2)[C@@H]1c1cc(C)n(Cc2ccco2)c1C. The monoisotopic (exact) mass is 513 g/mol. The Morgan fingerprint density at radius 1 is 1.11 bits per heavy atom. The molecule has 3 aromatic heterocycles. The Hall–Kier alpha value is -3.91. The van der Waals surface area contributed by atoms with E-state index >= 15 is 0 Å². The topological polar surface area (TPSA) is 75.3 Å². The predicted octanol–water partition coefficient (Wildman–Crippen LogP) is 5.45. The van der Waals surface area contributed by atoms with Crippen molar-refractivity contribution in [3.8, 4) is 0 Å². The van der Waals surface area contributed by atoms with Gasteiger partial charge in [-0.1, -0.05) is 24.3 Å². The first-order valence-corrected chi connectivity index (χ1v) is 12.9. The van der Waals surface area contributed by atoms with Gasteiger partial charge < -0.3 is 24.5 Å². The highest BCUT2D eigenvalue weighted by Crippen LogP contribution is 2.41. The lowest BCUT2D eigenvalue weighted by molar-refractivity contribution is -0.116. The van der Waals surface area contributed by atoms with Crippen LogP contribution in [0.25, 0.3) is 0 Å². The van der Waals surface area contributed by atoms with E-state index in [4.69, 9.17) is 16.6 Å². The van der Waals surface area contributed by atoms with E-state index in [1.165, 1.54) is 0 Å². The summed E-state index contributed by atoms with van der Waals surface area (Å²) in [5, 5.41) is 7.15. The van der Waals surface area contributed by atoms with Gasteiger partial charge in [0.05, 0.1) is 30.6 Å². The first-order chi connectivity index (χ1) is 17.9. The third-order valence-electron chi connectivity index (χ3n) is 7.02. The van der Waals surface area contributed by atoms with Crippen LogP contribution in [0.2, 0.25) is 0 Å². The third kappa shape index (κ3) is 5.15. The number of anilines is 1. The maximum absolute atomic E-state index is 12.9. The van der Waals surface area contributed by atoms with Crippen molar-refractivity contribution in [3.05, 3.63) is 107 Å². The number of hydrogen-bond acceptors (Lipinski definition) is 4. The summed E-state index contributed by atoms with van der Waals surface area (Å²) in [5.74, 6) is 0.861. The number of para-hydroxylation sites is 1. The summed E-state index contributed by atoms with van der Waals surface area (Å²) < 4.78 is 7.87. The van der Waals surface area contributed by atoms with Gasteiger partial charge in [-0.15, -0.1) is 0 Å². The van der Waals surface area contributed by atoms with Crippen molar-refractivity contribution >= 4 is 28.9 Å². The molecule has 1 fully saturated rings. The number of furan rings is 1. The fourth-order valence-corrected chi connectivity index (χ4v) is 5.39. The van der Waals surface area contributed by atoms with E-state index in [-0.39, 0.29) is 18.0 Å². The number of thiocarbonyl (C=S) groups is 1. The third-order valence-corrected chi connectivity index (χ3v) is 7.37. The average molecular weight is 514 g/mol. The molecule has 0 unspecified atom stereocenters. The number of pyridine rings is 1. The molecule has 4 heterocycles. The van der Waals surface area contributed by atoms with Gasteiger partial charge in [0.2, 0.25) is 5.91 Å². The minimum Gasteiger partial charge on any atom is -0.467 e. The normalized spacial score (nSPS) is 17.2. The number of carbonyl (C=O) groups is 1. The number of hydrogen-bond donors (Lipinski definition) is 2. The van der Waals surface area contributed by atoms with Crippen LogP contribution in [-0.2, 0) is 11.3 Å². The Labute approximate surface area is 222 Å². The molecule has 1 saturated heterocycles. The standard InChI is InChI=1S/C29H31N5O2S/c1-19-9-4-5-11-24(19)31-26(35)13-15-33-28(27(32-29(33)37)25-12-6-7-14-30-25)23-17-20(2)34(21(23)3)18-22-10-8-16-36-22/h4-12,14,16-17,27-28H,13,15,18H2,1-3H3,(H,31,35)(H,32,37)/t27-,28-/m0/s1. The molecule has 1 amide bonds. The second kappa shape index (κ2) is 10.6. The summed E-state index contributed by atoms with van der Waals surface area (Å²) in [6.45, 7) is 7.37. The highest BCUT2D eigenvalue weighted by Gasteiger charge is 2.41. The molecule has 190 valence electrons. The molecule has 2 atom stereocenters. The lowest BCUT2D eigenvalue weighted by atomic mass is 9.96. The van der Waals surface area contributed by atoms with Crippen LogP contribution in [0.15, 0.2) is 77.5 Å². The number of benzene rings is 1. The van der Waals surface area contributed by atoms with Crippen molar-refractivity contribution in [2.24, 2.45) is 0 Å². The fourth-order valence-electron chi connectivity index (χ4n) is 5.06. The molecular weight excluding hydrogens is 482 g/mol. The number of carbonyl (C=O) groups excluding carboxylic acids is 1. The van der Waals surface area contributed by atoms with Gasteiger partial charge in [0.15, 0.2) is 5.11 Å². The minimum atomic E-state index is -0.134. The Morgan fingerprint density at radius 3 is 2.65 bits per heavy atom. The van der Waals surface area contributed by atoms with Crippen LogP contribution in [0.3, 0.4) is 0 Å². The van der Waals surface area contributed by atoms with Crippen molar-refractivity contribution < 1.29 is 9.21 Å². The molecular formula is C29H31N5O2S. The molecule has 1 aliphatic rings. The lowest BCUT2D eigenvalue weighted by Gasteiger charge is -2.28. The Morgan fingerprint density at radius 2 is 1.92 bits per heavy atom. The number of aryl methyl sites for hydroxylation is 2. The van der Waals surface area contributed by atoms with Crippen molar-refractivity contribution in [3.63, 3.8) is 0 Å². The quantitative estimate of drug-likeness (QED) is 0.305. The molecule has 4 aromatic rings. The second-order valence-electron chi connectivity index (χ2n) is 9.43. The Kier molecular flexibility index (Phi) is 7.10. The predicted molar refractivity (Wildman–Crippen MR) is 148 cm³/mol. The van der Waals surface area contributed by atoms with Gasteiger partial charge in [-0.25, -0.2) is 0 Å². The van der Waals surface area contributed by atoms with Gasteiger partial charge >= 0.3 is 0 Å². The lowest BCUT2D eigenvalue weighted by Crippen LogP contribution is -2.33. The molecule has 8 heteroatoms. The maximum Gasteiger partial charge on any atom is 0.226 e. The van der Waals surface area contributed by atoms with Gasteiger partial charge in [-0.05, 0) is 80.5 Å². The second-order valence-corrected chi connectivity index (χ2v) is 9.81. The van der Waals surface area contributed by atoms with E-state index in [9.17, 15) is 4.79 Å². The maximum atomic E-state index is 12.9. The summed E-state index contributed by atoms with van der Waals surface area (Å²) in [7, 11) is 0. The number of rotatable bonds is 8. The molecule has 2 N–H and O–H groups in total. The summed E-state index contributed by atoms with van der Waals surface area (Å²) >= 11 is 5.81. The van der Waals surface area contributed by atoms with Gasteiger partial charge in [0.1, 0.15) is 5.76 Å². The molecule has 5 rings (SSSR count). The fraction of sp³-hybridized carbons (Fsp3) is 0.276. The van der Waals surface area contributed by atoms with Gasteiger partial charge in [0, 0.05) is 36.2 Å². The van der Waals surface area contributed by atoms with Crippen LogP contribution in [0.5, 0.6) is 0 Å². The van der Waals surface area contributed by atoms with E-state index in [1.807, 2.05) is 61.5 Å². The van der Waals surface area contributed by atoms with Crippen LogP contribution in [-0.4, -0.2) is 32.0 Å². The van der Waals surface area contributed by atoms with Crippen LogP contribution in [0.1, 0.15) is 52.5 Å². The van der Waals surface area contributed by atoms with Crippen molar-refractivity contribution in [1.29, 1.82) is 0 Å². The zero-order valence-electron chi connectivity index (χ0n) is 21.3. The van der Waals surface area contributed by atoms with Crippen molar-refractivity contribution in [2.75, 3.05) is 11.9 Å². The Bertz CT molecular complexity index is 1400. The summed E-state index contributed by atoms with van der Waals surface area (Å²) in [4.78, 5) is 19.7. The molecule has 7 nitrogen and oxygen atoms in total. The zero-order chi connectivity index (χ0) is 25.9. The molecule has 37 heavy (non-hydrogen) atoms. The van der Waals surface area contributed by atoms with E-state index in [2.05, 4.69) is 45.0 Å². The number of nitrogens with one attached hydrogen (secondary N) is 2. The van der Waals surface area contributed by atoms with Gasteiger partial charge in [-0.2, -0.15) is 0 Å². The highest BCUT2D eigenvalue weighted by molar-refractivity contribution is 7.80.